The van der Waals surface area contributed by atoms with Crippen molar-refractivity contribution in [1.29, 1.82) is 0 Å². The van der Waals surface area contributed by atoms with Gasteiger partial charge in [-0.15, -0.1) is 0 Å². The Morgan fingerprint density at radius 2 is 1.65 bits per heavy atom. The zero-order valence-corrected chi connectivity index (χ0v) is 20.0. The van der Waals surface area contributed by atoms with Crippen molar-refractivity contribution in [3.8, 4) is 5.75 Å². The van der Waals surface area contributed by atoms with Gasteiger partial charge in [0, 0.05) is 28.2 Å². The van der Waals surface area contributed by atoms with E-state index >= 15 is 0 Å². The minimum atomic E-state index is -0.673. The summed E-state index contributed by atoms with van der Waals surface area (Å²) in [6.45, 7) is 7.61. The van der Waals surface area contributed by atoms with Gasteiger partial charge in [0.25, 0.3) is 5.91 Å². The van der Waals surface area contributed by atoms with Crippen LogP contribution in [0.4, 0.5) is 0 Å². The van der Waals surface area contributed by atoms with Crippen molar-refractivity contribution in [3.05, 3.63) is 63.6 Å². The molecule has 0 saturated carbocycles. The molecule has 2 aromatic carbocycles. The molecule has 0 fully saturated rings. The number of hydrogen-bond donors (Lipinski definition) is 1. The lowest BCUT2D eigenvalue weighted by atomic mass is 10.1. The summed E-state index contributed by atoms with van der Waals surface area (Å²) in [6, 6.07) is 12.1. The number of carbonyl (C=O) groups excluding carboxylic acids is 2. The molecule has 168 valence electrons. The molecule has 1 atom stereocenters. The molecule has 1 N–H and O–H groups in total. The monoisotopic (exact) mass is 464 g/mol. The standard InChI is InChI=1S/C24H30Cl2N2O3/c1-5-17-10-12-18(13-11-17)31-15-23(29)28(22(6-2)24(30)27-16(3)4)14-19-20(25)8-7-9-21(19)26/h7-13,16,22H,5-6,14-15H2,1-4H3,(H,27,30)/t22-/m0/s1. The Kier molecular flexibility index (Phi) is 9.66. The smallest absolute Gasteiger partial charge is 0.261 e. The molecule has 0 aliphatic rings. The summed E-state index contributed by atoms with van der Waals surface area (Å²) in [6.07, 6.45) is 1.37. The number of carbonyl (C=O) groups is 2. The van der Waals surface area contributed by atoms with Crippen LogP contribution in [0.3, 0.4) is 0 Å². The largest absolute Gasteiger partial charge is 0.484 e. The summed E-state index contributed by atoms with van der Waals surface area (Å²) in [5.41, 5.74) is 1.78. The number of rotatable bonds is 10. The first-order valence-electron chi connectivity index (χ1n) is 10.5. The van der Waals surface area contributed by atoms with Crippen LogP contribution >= 0.6 is 23.2 Å². The van der Waals surface area contributed by atoms with Crippen LogP contribution in [0.5, 0.6) is 5.75 Å². The number of hydrogen-bond acceptors (Lipinski definition) is 3. The lowest BCUT2D eigenvalue weighted by Gasteiger charge is -2.31. The number of halogens is 2. The first-order chi connectivity index (χ1) is 14.8. The molecule has 5 nitrogen and oxygen atoms in total. The van der Waals surface area contributed by atoms with Gasteiger partial charge in [-0.3, -0.25) is 9.59 Å². The molecule has 0 spiro atoms. The number of benzene rings is 2. The van der Waals surface area contributed by atoms with Gasteiger partial charge in [0.05, 0.1) is 0 Å². The normalized spacial score (nSPS) is 11.8. The molecule has 0 saturated heterocycles. The maximum Gasteiger partial charge on any atom is 0.261 e. The van der Waals surface area contributed by atoms with Crippen LogP contribution in [0.2, 0.25) is 10.0 Å². The highest BCUT2D eigenvalue weighted by Crippen LogP contribution is 2.27. The second kappa shape index (κ2) is 12.0. The van der Waals surface area contributed by atoms with Crippen molar-refractivity contribution in [2.75, 3.05) is 6.61 Å². The van der Waals surface area contributed by atoms with Gasteiger partial charge in [0.2, 0.25) is 5.91 Å². The van der Waals surface area contributed by atoms with E-state index in [1.807, 2.05) is 45.0 Å². The maximum atomic E-state index is 13.2. The third kappa shape index (κ3) is 7.15. The number of nitrogens with zero attached hydrogens (tertiary/aromatic N) is 1. The molecule has 31 heavy (non-hydrogen) atoms. The van der Waals surface area contributed by atoms with Crippen molar-refractivity contribution < 1.29 is 14.3 Å². The Balaban J connectivity index is 2.25. The molecule has 0 heterocycles. The molecular formula is C24H30Cl2N2O3. The van der Waals surface area contributed by atoms with Crippen LogP contribution in [0, 0.1) is 0 Å². The van der Waals surface area contributed by atoms with E-state index < -0.39 is 6.04 Å². The Morgan fingerprint density at radius 1 is 1.03 bits per heavy atom. The van der Waals surface area contributed by atoms with Crippen molar-refractivity contribution in [2.45, 2.75) is 59.2 Å². The number of amides is 2. The van der Waals surface area contributed by atoms with E-state index in [-0.39, 0.29) is 31.0 Å². The Bertz CT molecular complexity index is 865. The topological polar surface area (TPSA) is 58.6 Å². The minimum absolute atomic E-state index is 0.0456. The van der Waals surface area contributed by atoms with Crippen LogP contribution in [0.1, 0.15) is 45.2 Å². The highest BCUT2D eigenvalue weighted by molar-refractivity contribution is 6.36. The summed E-state index contributed by atoms with van der Waals surface area (Å²) in [5.74, 6) is 0.0589. The third-order valence-electron chi connectivity index (χ3n) is 4.90. The van der Waals surface area contributed by atoms with E-state index in [4.69, 9.17) is 27.9 Å². The fourth-order valence-corrected chi connectivity index (χ4v) is 3.72. The summed E-state index contributed by atoms with van der Waals surface area (Å²) in [7, 11) is 0. The van der Waals surface area contributed by atoms with Gasteiger partial charge in [0.1, 0.15) is 11.8 Å². The Labute approximate surface area is 194 Å². The van der Waals surface area contributed by atoms with E-state index in [0.29, 0.717) is 27.8 Å². The van der Waals surface area contributed by atoms with Gasteiger partial charge in [-0.05, 0) is 56.5 Å². The zero-order valence-electron chi connectivity index (χ0n) is 18.5. The van der Waals surface area contributed by atoms with Gasteiger partial charge >= 0.3 is 0 Å². The molecule has 0 bridgehead atoms. The van der Waals surface area contributed by atoms with E-state index in [2.05, 4.69) is 12.2 Å². The van der Waals surface area contributed by atoms with Gasteiger partial charge in [-0.25, -0.2) is 0 Å². The van der Waals surface area contributed by atoms with Crippen LogP contribution in [0.15, 0.2) is 42.5 Å². The fourth-order valence-electron chi connectivity index (χ4n) is 3.20. The molecule has 0 aliphatic carbocycles. The number of aryl methyl sites for hydroxylation is 1. The highest BCUT2D eigenvalue weighted by atomic mass is 35.5. The molecular weight excluding hydrogens is 435 g/mol. The molecule has 0 radical (unpaired) electrons. The summed E-state index contributed by atoms with van der Waals surface area (Å²) in [4.78, 5) is 27.5. The zero-order chi connectivity index (χ0) is 23.0. The highest BCUT2D eigenvalue weighted by Gasteiger charge is 2.30. The van der Waals surface area contributed by atoms with Crippen LogP contribution < -0.4 is 10.1 Å². The minimum Gasteiger partial charge on any atom is -0.484 e. The van der Waals surface area contributed by atoms with E-state index in [1.54, 1.807) is 18.2 Å². The maximum absolute atomic E-state index is 13.2. The third-order valence-corrected chi connectivity index (χ3v) is 5.61. The SMILES string of the molecule is CCc1ccc(OCC(=O)N(Cc2c(Cl)cccc2Cl)[C@@H](CC)C(=O)NC(C)C)cc1. The molecule has 2 aromatic rings. The average molecular weight is 465 g/mol. The second-order valence-electron chi connectivity index (χ2n) is 7.60. The second-order valence-corrected chi connectivity index (χ2v) is 8.41. The summed E-state index contributed by atoms with van der Waals surface area (Å²) in [5, 5.41) is 3.78. The van der Waals surface area contributed by atoms with E-state index in [9.17, 15) is 9.59 Å². The van der Waals surface area contributed by atoms with Gasteiger partial charge in [-0.2, -0.15) is 0 Å². The molecule has 0 aliphatic heterocycles. The summed E-state index contributed by atoms with van der Waals surface area (Å²) >= 11 is 12.7. The lowest BCUT2D eigenvalue weighted by molar-refractivity contribution is -0.143. The molecule has 2 rings (SSSR count). The van der Waals surface area contributed by atoms with E-state index in [1.165, 1.54) is 10.5 Å². The number of ether oxygens (including phenoxy) is 1. The lowest BCUT2D eigenvalue weighted by Crippen LogP contribution is -2.51. The first-order valence-corrected chi connectivity index (χ1v) is 11.3. The molecule has 7 heteroatoms. The van der Waals surface area contributed by atoms with Crippen LogP contribution in [-0.2, 0) is 22.6 Å². The summed E-state index contributed by atoms with van der Waals surface area (Å²) < 4.78 is 5.71. The van der Waals surface area contributed by atoms with Gasteiger partial charge in [-0.1, -0.05) is 55.2 Å². The molecule has 0 unspecified atom stereocenters. The Hall–Kier alpha value is -2.24. The number of nitrogens with one attached hydrogen (secondary N) is 1. The molecule has 2 amide bonds. The van der Waals surface area contributed by atoms with Gasteiger partial charge < -0.3 is 15.0 Å². The predicted molar refractivity (Wildman–Crippen MR) is 126 cm³/mol. The fraction of sp³-hybridized carbons (Fsp3) is 0.417. The van der Waals surface area contributed by atoms with Gasteiger partial charge in [0.15, 0.2) is 6.61 Å². The van der Waals surface area contributed by atoms with Crippen molar-refractivity contribution >= 4 is 35.0 Å². The van der Waals surface area contributed by atoms with Crippen molar-refractivity contribution in [2.24, 2.45) is 0 Å². The Morgan fingerprint density at radius 3 is 2.16 bits per heavy atom. The average Bonchev–Trinajstić information content (AvgIpc) is 2.73. The van der Waals surface area contributed by atoms with Crippen LogP contribution in [-0.4, -0.2) is 35.4 Å². The predicted octanol–water partition coefficient (Wildman–Crippen LogP) is 5.27. The van der Waals surface area contributed by atoms with Crippen molar-refractivity contribution in [1.82, 2.24) is 10.2 Å². The quantitative estimate of drug-likeness (QED) is 0.520. The van der Waals surface area contributed by atoms with Crippen LogP contribution in [0.25, 0.3) is 0 Å². The molecule has 0 aromatic heterocycles. The van der Waals surface area contributed by atoms with Crippen molar-refractivity contribution in [3.63, 3.8) is 0 Å². The first kappa shape index (κ1) is 25.0. The van der Waals surface area contributed by atoms with E-state index in [0.717, 1.165) is 6.42 Å².